The molecule has 0 saturated heterocycles. The van der Waals surface area contributed by atoms with E-state index in [1.165, 1.54) is 30.6 Å². The predicted octanol–water partition coefficient (Wildman–Crippen LogP) is 2.13. The molecule has 18 heavy (non-hydrogen) atoms. The highest BCUT2D eigenvalue weighted by molar-refractivity contribution is 5.81. The SMILES string of the molecule is CC(C)N(CC(=O)O)C(=O)CC1CC2CCC1C2. The predicted molar refractivity (Wildman–Crippen MR) is 68.0 cm³/mol. The molecule has 0 aromatic heterocycles. The molecule has 3 unspecified atom stereocenters. The van der Waals surface area contributed by atoms with Crippen LogP contribution in [0, 0.1) is 17.8 Å². The zero-order valence-electron chi connectivity index (χ0n) is 11.3. The lowest BCUT2D eigenvalue weighted by molar-refractivity contribution is -0.146. The molecule has 2 fully saturated rings. The van der Waals surface area contributed by atoms with Gasteiger partial charge >= 0.3 is 5.97 Å². The van der Waals surface area contributed by atoms with Crippen molar-refractivity contribution in [1.29, 1.82) is 0 Å². The Balaban J connectivity index is 1.91. The van der Waals surface area contributed by atoms with Crippen LogP contribution in [-0.2, 0) is 9.59 Å². The van der Waals surface area contributed by atoms with Gasteiger partial charge in [0.1, 0.15) is 6.54 Å². The Morgan fingerprint density at radius 1 is 1.28 bits per heavy atom. The topological polar surface area (TPSA) is 57.6 Å². The molecule has 2 aliphatic rings. The minimum atomic E-state index is -0.926. The molecule has 2 bridgehead atoms. The second-order valence-corrected chi connectivity index (χ2v) is 6.15. The Bertz CT molecular complexity index is 340. The fourth-order valence-electron chi connectivity index (χ4n) is 3.67. The van der Waals surface area contributed by atoms with Gasteiger partial charge < -0.3 is 10.0 Å². The Morgan fingerprint density at radius 2 is 2.00 bits per heavy atom. The fraction of sp³-hybridized carbons (Fsp3) is 0.857. The van der Waals surface area contributed by atoms with Crippen LogP contribution < -0.4 is 0 Å². The van der Waals surface area contributed by atoms with Gasteiger partial charge in [-0.1, -0.05) is 6.42 Å². The highest BCUT2D eigenvalue weighted by Gasteiger charge is 2.40. The van der Waals surface area contributed by atoms with Gasteiger partial charge in [-0.05, 0) is 50.9 Å². The summed E-state index contributed by atoms with van der Waals surface area (Å²) in [6, 6.07) is -0.0350. The summed E-state index contributed by atoms with van der Waals surface area (Å²) in [5, 5.41) is 8.85. The van der Waals surface area contributed by atoms with Crippen LogP contribution in [0.25, 0.3) is 0 Å². The van der Waals surface area contributed by atoms with Crippen molar-refractivity contribution >= 4 is 11.9 Å². The second kappa shape index (κ2) is 5.29. The Hall–Kier alpha value is -1.06. The first-order valence-electron chi connectivity index (χ1n) is 6.98. The van der Waals surface area contributed by atoms with Gasteiger partial charge in [0.2, 0.25) is 5.91 Å². The molecule has 2 aliphatic carbocycles. The first-order chi connectivity index (χ1) is 8.47. The van der Waals surface area contributed by atoms with Crippen LogP contribution in [-0.4, -0.2) is 34.5 Å². The van der Waals surface area contributed by atoms with E-state index in [1.54, 1.807) is 0 Å². The number of aliphatic carboxylic acids is 1. The number of amides is 1. The number of carbonyl (C=O) groups excluding carboxylic acids is 1. The van der Waals surface area contributed by atoms with Crippen molar-refractivity contribution in [3.8, 4) is 0 Å². The second-order valence-electron chi connectivity index (χ2n) is 6.15. The zero-order valence-corrected chi connectivity index (χ0v) is 11.3. The van der Waals surface area contributed by atoms with Gasteiger partial charge in [-0.15, -0.1) is 0 Å². The van der Waals surface area contributed by atoms with Gasteiger partial charge in [0.25, 0.3) is 0 Å². The van der Waals surface area contributed by atoms with E-state index in [0.29, 0.717) is 12.3 Å². The van der Waals surface area contributed by atoms with E-state index >= 15 is 0 Å². The first kappa shape index (κ1) is 13.4. The van der Waals surface area contributed by atoms with Crippen LogP contribution in [0.3, 0.4) is 0 Å². The Kier molecular flexibility index (Phi) is 3.93. The molecule has 1 N–H and O–H groups in total. The average molecular weight is 253 g/mol. The molecule has 2 rings (SSSR count). The van der Waals surface area contributed by atoms with E-state index in [2.05, 4.69) is 0 Å². The van der Waals surface area contributed by atoms with Gasteiger partial charge in [0, 0.05) is 12.5 Å². The molecule has 1 amide bonds. The summed E-state index contributed by atoms with van der Waals surface area (Å²) in [4.78, 5) is 24.5. The molecule has 3 atom stereocenters. The summed E-state index contributed by atoms with van der Waals surface area (Å²) in [6.07, 6.45) is 5.61. The number of hydrogen-bond donors (Lipinski definition) is 1. The maximum absolute atomic E-state index is 12.2. The molecule has 0 aromatic rings. The smallest absolute Gasteiger partial charge is 0.323 e. The molecule has 102 valence electrons. The quantitative estimate of drug-likeness (QED) is 0.816. The third-order valence-electron chi connectivity index (χ3n) is 4.57. The van der Waals surface area contributed by atoms with E-state index in [1.807, 2.05) is 13.8 Å². The lowest BCUT2D eigenvalue weighted by Crippen LogP contribution is -2.41. The lowest BCUT2D eigenvalue weighted by Gasteiger charge is -2.28. The van der Waals surface area contributed by atoms with E-state index in [4.69, 9.17) is 5.11 Å². The highest BCUT2D eigenvalue weighted by Crippen LogP contribution is 2.49. The van der Waals surface area contributed by atoms with Gasteiger partial charge in [-0.2, -0.15) is 0 Å². The summed E-state index contributed by atoms with van der Waals surface area (Å²) < 4.78 is 0. The van der Waals surface area contributed by atoms with Gasteiger partial charge in [0.15, 0.2) is 0 Å². The number of fused-ring (bicyclic) bond motifs is 2. The lowest BCUT2D eigenvalue weighted by atomic mass is 9.86. The van der Waals surface area contributed by atoms with Crippen molar-refractivity contribution in [3.05, 3.63) is 0 Å². The van der Waals surface area contributed by atoms with E-state index in [0.717, 1.165) is 11.8 Å². The third-order valence-corrected chi connectivity index (χ3v) is 4.57. The molecule has 0 heterocycles. The minimum absolute atomic E-state index is 0.0185. The zero-order chi connectivity index (χ0) is 13.3. The molecular formula is C14H23NO3. The van der Waals surface area contributed by atoms with Crippen molar-refractivity contribution in [2.45, 2.75) is 52.0 Å². The number of nitrogens with zero attached hydrogens (tertiary/aromatic N) is 1. The summed E-state index contributed by atoms with van der Waals surface area (Å²) in [5.74, 6) is 1.15. The van der Waals surface area contributed by atoms with E-state index in [-0.39, 0.29) is 18.5 Å². The molecule has 0 aliphatic heterocycles. The Morgan fingerprint density at radius 3 is 2.44 bits per heavy atom. The number of carboxylic acid groups (broad SMARTS) is 1. The van der Waals surface area contributed by atoms with Gasteiger partial charge in [-0.3, -0.25) is 9.59 Å². The number of rotatable bonds is 5. The van der Waals surface area contributed by atoms with Crippen LogP contribution in [0.2, 0.25) is 0 Å². The highest BCUT2D eigenvalue weighted by atomic mass is 16.4. The summed E-state index contributed by atoms with van der Waals surface area (Å²) >= 11 is 0. The van der Waals surface area contributed by atoms with Gasteiger partial charge in [-0.25, -0.2) is 0 Å². The molecule has 4 heteroatoms. The maximum atomic E-state index is 12.2. The molecule has 0 radical (unpaired) electrons. The van der Waals surface area contributed by atoms with Crippen molar-refractivity contribution < 1.29 is 14.7 Å². The van der Waals surface area contributed by atoms with Crippen molar-refractivity contribution in [2.24, 2.45) is 17.8 Å². The molecular weight excluding hydrogens is 230 g/mol. The van der Waals surface area contributed by atoms with E-state index < -0.39 is 5.97 Å². The largest absolute Gasteiger partial charge is 0.480 e. The number of carbonyl (C=O) groups is 2. The monoisotopic (exact) mass is 253 g/mol. The Labute approximate surface area is 108 Å². The number of hydrogen-bond acceptors (Lipinski definition) is 2. The van der Waals surface area contributed by atoms with Crippen LogP contribution >= 0.6 is 0 Å². The number of carboxylic acids is 1. The summed E-state index contributed by atoms with van der Waals surface area (Å²) in [5.41, 5.74) is 0. The first-order valence-corrected chi connectivity index (χ1v) is 6.98. The minimum Gasteiger partial charge on any atom is -0.480 e. The van der Waals surface area contributed by atoms with E-state index in [9.17, 15) is 9.59 Å². The maximum Gasteiger partial charge on any atom is 0.323 e. The third kappa shape index (κ3) is 2.85. The van der Waals surface area contributed by atoms with Gasteiger partial charge in [0.05, 0.1) is 0 Å². The normalized spacial score (nSPS) is 29.8. The molecule has 2 saturated carbocycles. The summed E-state index contributed by atoms with van der Waals surface area (Å²) in [7, 11) is 0. The molecule has 0 spiro atoms. The van der Waals surface area contributed by atoms with Crippen molar-refractivity contribution in [1.82, 2.24) is 4.90 Å². The summed E-state index contributed by atoms with van der Waals surface area (Å²) in [6.45, 7) is 3.58. The van der Waals surface area contributed by atoms with Crippen molar-refractivity contribution in [3.63, 3.8) is 0 Å². The fourth-order valence-corrected chi connectivity index (χ4v) is 3.67. The molecule has 4 nitrogen and oxygen atoms in total. The van der Waals surface area contributed by atoms with Crippen molar-refractivity contribution in [2.75, 3.05) is 6.54 Å². The standard InChI is InChI=1S/C14H23NO3/c1-9(2)15(8-14(17)18)13(16)7-12-6-10-3-4-11(12)5-10/h9-12H,3-8H2,1-2H3,(H,17,18). The average Bonchev–Trinajstić information content (AvgIpc) is 2.86. The van der Waals surface area contributed by atoms with Crippen LogP contribution in [0.1, 0.15) is 46.0 Å². The van der Waals surface area contributed by atoms with Crippen LogP contribution in [0.5, 0.6) is 0 Å². The van der Waals surface area contributed by atoms with Crippen LogP contribution in [0.15, 0.2) is 0 Å². The molecule has 0 aromatic carbocycles. The van der Waals surface area contributed by atoms with Crippen LogP contribution in [0.4, 0.5) is 0 Å².